The van der Waals surface area contributed by atoms with Crippen LogP contribution in [-0.4, -0.2) is 42.2 Å². The number of benzene rings is 1. The van der Waals surface area contributed by atoms with Gasteiger partial charge in [-0.15, -0.1) is 0 Å². The molecule has 2 aromatic rings. The molecule has 0 fully saturated rings. The predicted octanol–water partition coefficient (Wildman–Crippen LogP) is 3.05. The van der Waals surface area contributed by atoms with Gasteiger partial charge in [0.25, 0.3) is 0 Å². The van der Waals surface area contributed by atoms with Gasteiger partial charge in [0.2, 0.25) is 0 Å². The van der Waals surface area contributed by atoms with Crippen LogP contribution in [0.25, 0.3) is 16.5 Å². The van der Waals surface area contributed by atoms with Gasteiger partial charge in [-0.2, -0.15) is 0 Å². The number of aromatic amines is 1. The van der Waals surface area contributed by atoms with Crippen molar-refractivity contribution < 1.29 is 5.11 Å². The summed E-state index contributed by atoms with van der Waals surface area (Å²) in [6.45, 7) is 6.65. The second-order valence-electron chi connectivity index (χ2n) is 5.57. The molecule has 3 heteroatoms. The van der Waals surface area contributed by atoms with Gasteiger partial charge in [-0.3, -0.25) is 0 Å². The van der Waals surface area contributed by atoms with Crippen LogP contribution in [0.3, 0.4) is 0 Å². The van der Waals surface area contributed by atoms with Crippen molar-refractivity contribution in [3.63, 3.8) is 0 Å². The van der Waals surface area contributed by atoms with E-state index >= 15 is 0 Å². The molecule has 1 atom stereocenters. The Labute approximate surface area is 120 Å². The highest BCUT2D eigenvalue weighted by molar-refractivity contribution is 5.93. The van der Waals surface area contributed by atoms with E-state index in [0.717, 1.165) is 20.2 Å². The average Bonchev–Trinajstić information content (AvgIpc) is 2.82. The highest BCUT2D eigenvalue weighted by Crippen LogP contribution is 2.29. The predicted molar refractivity (Wildman–Crippen MR) is 85.8 cm³/mol. The molecule has 108 valence electrons. The van der Waals surface area contributed by atoms with Crippen molar-refractivity contribution in [2.75, 3.05) is 27.2 Å². The highest BCUT2D eigenvalue weighted by atomic mass is 16.2. The molecule has 0 bridgehead atoms. The molecular formula is C17H24N2O. The summed E-state index contributed by atoms with van der Waals surface area (Å²) < 4.78 is 0. The number of hydrogen-bond donors (Lipinski definition) is 2. The van der Waals surface area contributed by atoms with Crippen LogP contribution in [-0.2, 0) is 0 Å². The number of nitrogens with zero attached hydrogens (tertiary/aromatic N) is 1. The van der Waals surface area contributed by atoms with Gasteiger partial charge in [-0.1, -0.05) is 31.2 Å². The molecule has 3 rings (SSSR count). The third kappa shape index (κ3) is 2.79. The number of aryl methyl sites for hydroxylation is 1. The Hall–Kier alpha value is -1.58. The molecular weight excluding hydrogens is 248 g/mol. The third-order valence-corrected chi connectivity index (χ3v) is 3.79. The van der Waals surface area contributed by atoms with Crippen LogP contribution in [0.1, 0.15) is 18.1 Å². The fourth-order valence-electron chi connectivity index (χ4n) is 3.03. The van der Waals surface area contributed by atoms with Crippen molar-refractivity contribution in [1.29, 1.82) is 0 Å². The molecule has 1 aromatic heterocycles. The number of aliphatic hydroxyl groups excluding tert-OH is 1. The van der Waals surface area contributed by atoms with Crippen LogP contribution < -0.4 is 0 Å². The summed E-state index contributed by atoms with van der Waals surface area (Å²) in [6, 6.07) is 6.59. The van der Waals surface area contributed by atoms with Crippen LogP contribution in [0.5, 0.6) is 0 Å². The molecule has 2 N–H and O–H groups in total. The van der Waals surface area contributed by atoms with E-state index in [0.29, 0.717) is 5.92 Å². The molecule has 0 radical (unpaired) electrons. The van der Waals surface area contributed by atoms with Gasteiger partial charge >= 0.3 is 0 Å². The molecule has 3 nitrogen and oxygen atoms in total. The van der Waals surface area contributed by atoms with Gasteiger partial charge in [-0.25, -0.2) is 0 Å². The zero-order chi connectivity index (χ0) is 14.7. The normalized spacial score (nSPS) is 19.4. The van der Waals surface area contributed by atoms with E-state index < -0.39 is 0 Å². The van der Waals surface area contributed by atoms with E-state index in [1.54, 1.807) is 0 Å². The maximum absolute atomic E-state index is 7.00. The molecule has 0 saturated carbocycles. The van der Waals surface area contributed by atoms with E-state index in [9.17, 15) is 0 Å². The van der Waals surface area contributed by atoms with E-state index in [-0.39, 0.29) is 0 Å². The molecule has 1 aliphatic heterocycles. The summed E-state index contributed by atoms with van der Waals surface area (Å²) in [5, 5.41) is 8.34. The number of hydrogen-bond acceptors (Lipinski definition) is 2. The van der Waals surface area contributed by atoms with Crippen molar-refractivity contribution in [2.45, 2.75) is 13.8 Å². The van der Waals surface area contributed by atoms with Crippen LogP contribution in [0.4, 0.5) is 0 Å². The van der Waals surface area contributed by atoms with Crippen LogP contribution in [0.2, 0.25) is 0 Å². The van der Waals surface area contributed by atoms with E-state index in [1.807, 2.05) is 0 Å². The maximum Gasteiger partial charge on any atom is 0.0533 e. The first-order valence-electron chi connectivity index (χ1n) is 7.06. The minimum atomic E-state index is 0.630. The molecule has 2 heterocycles. The summed E-state index contributed by atoms with van der Waals surface area (Å²) in [5.41, 5.74) is 5.41. The zero-order valence-corrected chi connectivity index (χ0v) is 12.8. The topological polar surface area (TPSA) is 39.3 Å². The quantitative estimate of drug-likeness (QED) is 0.837. The van der Waals surface area contributed by atoms with Crippen LogP contribution >= 0.6 is 0 Å². The second kappa shape index (κ2) is 6.25. The Balaban J connectivity index is 0.000000704. The van der Waals surface area contributed by atoms with E-state index in [4.69, 9.17) is 5.11 Å². The van der Waals surface area contributed by atoms with Crippen molar-refractivity contribution in [3.05, 3.63) is 41.6 Å². The first-order valence-corrected chi connectivity index (χ1v) is 7.06. The number of aliphatic hydroxyl groups is 1. The summed E-state index contributed by atoms with van der Waals surface area (Å²) >= 11 is 0. The lowest BCUT2D eigenvalue weighted by molar-refractivity contribution is 0.330. The number of likely N-dealkylation sites (N-methyl/N-ethyl adjacent to an activating group) is 1. The first-order chi connectivity index (χ1) is 9.65. The third-order valence-electron chi connectivity index (χ3n) is 3.79. The number of H-pyrrole nitrogens is 1. The van der Waals surface area contributed by atoms with Crippen LogP contribution in [0, 0.1) is 12.8 Å². The lowest BCUT2D eigenvalue weighted by Gasteiger charge is -2.27. The number of aromatic nitrogens is 1. The van der Waals surface area contributed by atoms with Gasteiger partial charge in [0.15, 0.2) is 0 Å². The Morgan fingerprint density at radius 2 is 2.05 bits per heavy atom. The highest BCUT2D eigenvalue weighted by Gasteiger charge is 2.17. The zero-order valence-electron chi connectivity index (χ0n) is 12.8. The molecule has 0 aliphatic carbocycles. The summed E-state index contributed by atoms with van der Waals surface area (Å²) in [6.07, 6.45) is 4.52. The van der Waals surface area contributed by atoms with Gasteiger partial charge in [0.05, 0.1) is 5.52 Å². The largest absolute Gasteiger partial charge is 0.400 e. The molecule has 1 aromatic carbocycles. The molecule has 1 aliphatic rings. The Morgan fingerprint density at radius 1 is 1.30 bits per heavy atom. The SMILES string of the molecule is CO.Cc1c[nH]c2c(C3=CC(C)CN(C)C3)cccc12. The van der Waals surface area contributed by atoms with Crippen molar-refractivity contribution >= 4 is 16.5 Å². The van der Waals surface area contributed by atoms with Crippen molar-refractivity contribution in [1.82, 2.24) is 9.88 Å². The lowest BCUT2D eigenvalue weighted by Crippen LogP contribution is -2.29. The second-order valence-corrected chi connectivity index (χ2v) is 5.57. The standard InChI is InChI=1S/C16H20N2.CH4O/c1-11-7-13(10-18(3)9-11)15-6-4-5-14-12(2)8-17-16(14)15;1-2/h4-8,11,17H,9-10H2,1-3H3;2H,1H3. The average molecular weight is 272 g/mol. The summed E-state index contributed by atoms with van der Waals surface area (Å²) in [4.78, 5) is 5.82. The first kappa shape index (κ1) is 14.8. The number of rotatable bonds is 1. The minimum absolute atomic E-state index is 0.630. The van der Waals surface area contributed by atoms with Crippen LogP contribution in [0.15, 0.2) is 30.5 Å². The Morgan fingerprint density at radius 3 is 2.75 bits per heavy atom. The van der Waals surface area contributed by atoms with Crippen molar-refractivity contribution in [3.8, 4) is 0 Å². The summed E-state index contributed by atoms with van der Waals surface area (Å²) in [7, 11) is 3.20. The molecule has 20 heavy (non-hydrogen) atoms. The summed E-state index contributed by atoms with van der Waals surface area (Å²) in [5.74, 6) is 0.630. The molecule has 1 unspecified atom stereocenters. The Kier molecular flexibility index (Phi) is 4.63. The molecule has 0 saturated heterocycles. The molecule has 0 spiro atoms. The van der Waals surface area contributed by atoms with Gasteiger partial charge in [-0.05, 0) is 31.0 Å². The van der Waals surface area contributed by atoms with Crippen molar-refractivity contribution in [2.24, 2.45) is 5.92 Å². The fraction of sp³-hybridized carbons (Fsp3) is 0.412. The van der Waals surface area contributed by atoms with Gasteiger partial charge < -0.3 is 15.0 Å². The lowest BCUT2D eigenvalue weighted by atomic mass is 9.95. The van der Waals surface area contributed by atoms with E-state index in [2.05, 4.69) is 61.3 Å². The Bertz CT molecular complexity index is 612. The van der Waals surface area contributed by atoms with E-state index in [1.165, 1.54) is 27.6 Å². The smallest absolute Gasteiger partial charge is 0.0533 e. The fourth-order valence-corrected chi connectivity index (χ4v) is 3.03. The monoisotopic (exact) mass is 272 g/mol. The van der Waals surface area contributed by atoms with Gasteiger partial charge in [0.1, 0.15) is 0 Å². The number of fused-ring (bicyclic) bond motifs is 1. The maximum atomic E-state index is 7.00. The molecule has 0 amide bonds. The number of nitrogens with one attached hydrogen (secondary N) is 1. The number of para-hydroxylation sites is 1. The van der Waals surface area contributed by atoms with Gasteiger partial charge in [0, 0.05) is 37.3 Å². The minimum Gasteiger partial charge on any atom is -0.400 e.